The van der Waals surface area contributed by atoms with Crippen LogP contribution in [0.15, 0.2) is 59.8 Å². The third-order valence-corrected chi connectivity index (χ3v) is 6.76. The Morgan fingerprint density at radius 2 is 1.97 bits per heavy atom. The third-order valence-electron chi connectivity index (χ3n) is 6.76. The van der Waals surface area contributed by atoms with Crippen molar-refractivity contribution in [3.63, 3.8) is 0 Å². The van der Waals surface area contributed by atoms with Gasteiger partial charge in [-0.2, -0.15) is 9.78 Å². The van der Waals surface area contributed by atoms with E-state index in [9.17, 15) is 9.59 Å². The fourth-order valence-electron chi connectivity index (χ4n) is 4.79. The first-order valence-electron chi connectivity index (χ1n) is 12.5. The van der Waals surface area contributed by atoms with Crippen LogP contribution in [0.25, 0.3) is 10.4 Å². The summed E-state index contributed by atoms with van der Waals surface area (Å²) in [5, 5.41) is 7.83. The second-order valence-electron chi connectivity index (χ2n) is 9.29. The molecular formula is C27H28N6O5. The Morgan fingerprint density at radius 1 is 1.16 bits per heavy atom. The first-order chi connectivity index (χ1) is 18.6. The van der Waals surface area contributed by atoms with Gasteiger partial charge in [0.25, 0.3) is 5.91 Å². The Morgan fingerprint density at radius 3 is 2.71 bits per heavy atom. The van der Waals surface area contributed by atoms with E-state index >= 15 is 0 Å². The van der Waals surface area contributed by atoms with Crippen LogP contribution in [-0.2, 0) is 24.2 Å². The number of aryl methyl sites for hydroxylation is 1. The molecule has 11 heteroatoms. The van der Waals surface area contributed by atoms with Crippen molar-refractivity contribution in [1.82, 2.24) is 14.7 Å². The van der Waals surface area contributed by atoms with E-state index in [1.807, 2.05) is 35.2 Å². The SMILES string of the molecule is COc1cc(OCN=[N+]=[N-])ccc1C(=O)N(C1CC1)C1CCc2nn(C(=O)OCc3ccccc3)cc2C1. The van der Waals surface area contributed by atoms with Crippen LogP contribution in [0.3, 0.4) is 0 Å². The van der Waals surface area contributed by atoms with E-state index < -0.39 is 6.09 Å². The minimum atomic E-state index is -0.526. The fraction of sp³-hybridized carbons (Fsp3) is 0.370. The number of nitrogens with zero attached hydrogens (tertiary/aromatic N) is 6. The Labute approximate surface area is 219 Å². The summed E-state index contributed by atoms with van der Waals surface area (Å²) in [7, 11) is 1.50. The minimum Gasteiger partial charge on any atom is -0.496 e. The summed E-state index contributed by atoms with van der Waals surface area (Å²) in [6.45, 7) is 0.0209. The van der Waals surface area contributed by atoms with Crippen molar-refractivity contribution in [3.05, 3.63) is 87.6 Å². The highest BCUT2D eigenvalue weighted by atomic mass is 16.6. The van der Waals surface area contributed by atoms with Gasteiger partial charge in [-0.1, -0.05) is 35.4 Å². The number of amides is 1. The van der Waals surface area contributed by atoms with E-state index in [1.54, 1.807) is 24.4 Å². The number of hydrogen-bond acceptors (Lipinski definition) is 7. The predicted octanol–water partition coefficient (Wildman–Crippen LogP) is 4.89. The van der Waals surface area contributed by atoms with Crippen LogP contribution in [0.1, 0.15) is 46.4 Å². The maximum absolute atomic E-state index is 13.8. The van der Waals surface area contributed by atoms with Crippen LogP contribution in [0.2, 0.25) is 0 Å². The van der Waals surface area contributed by atoms with Gasteiger partial charge in [-0.3, -0.25) is 4.79 Å². The third kappa shape index (κ3) is 5.57. The van der Waals surface area contributed by atoms with Crippen LogP contribution in [0.5, 0.6) is 11.5 Å². The summed E-state index contributed by atoms with van der Waals surface area (Å²) in [5.74, 6) is 0.733. The van der Waals surface area contributed by atoms with Crippen LogP contribution in [-0.4, -0.2) is 52.6 Å². The molecule has 38 heavy (non-hydrogen) atoms. The van der Waals surface area contributed by atoms with E-state index in [0.717, 1.165) is 36.1 Å². The largest absolute Gasteiger partial charge is 0.496 e. The molecule has 3 aromatic rings. The standard InChI is InChI=1S/C27H28N6O5/c1-36-25-14-22(38-17-29-31-28)10-11-23(25)26(34)33(20-7-8-20)21-9-12-24-19(13-21)15-32(30-24)27(35)37-16-18-5-3-2-4-6-18/h2-6,10-11,14-15,20-21H,7-9,12-13,16-17H2,1H3. The van der Waals surface area contributed by atoms with Crippen molar-refractivity contribution < 1.29 is 23.8 Å². The minimum absolute atomic E-state index is 0.0221. The molecule has 1 aromatic heterocycles. The van der Waals surface area contributed by atoms with E-state index in [1.165, 1.54) is 11.8 Å². The second-order valence-corrected chi connectivity index (χ2v) is 9.29. The maximum Gasteiger partial charge on any atom is 0.435 e. The predicted molar refractivity (Wildman–Crippen MR) is 137 cm³/mol. The number of carbonyl (C=O) groups is 2. The number of benzene rings is 2. The van der Waals surface area contributed by atoms with Gasteiger partial charge in [0.1, 0.15) is 18.1 Å². The van der Waals surface area contributed by atoms with Gasteiger partial charge in [-0.05, 0) is 60.9 Å². The molecule has 1 fully saturated rings. The summed E-state index contributed by atoms with van der Waals surface area (Å²) in [4.78, 5) is 31.0. The van der Waals surface area contributed by atoms with Crippen LogP contribution >= 0.6 is 0 Å². The van der Waals surface area contributed by atoms with Gasteiger partial charge in [0.05, 0.1) is 18.4 Å². The number of ether oxygens (including phenoxy) is 3. The van der Waals surface area contributed by atoms with Gasteiger partial charge in [0, 0.05) is 29.3 Å². The van der Waals surface area contributed by atoms with Crippen molar-refractivity contribution in [2.24, 2.45) is 5.11 Å². The average molecular weight is 517 g/mol. The molecule has 2 aliphatic rings. The number of hydrogen-bond donors (Lipinski definition) is 0. The van der Waals surface area contributed by atoms with E-state index in [0.29, 0.717) is 29.9 Å². The Balaban J connectivity index is 1.29. The monoisotopic (exact) mass is 516 g/mol. The maximum atomic E-state index is 13.8. The van der Waals surface area contributed by atoms with Crippen molar-refractivity contribution in [1.29, 1.82) is 0 Å². The van der Waals surface area contributed by atoms with E-state index in [2.05, 4.69) is 15.1 Å². The zero-order chi connectivity index (χ0) is 26.5. The molecule has 0 spiro atoms. The summed E-state index contributed by atoms with van der Waals surface area (Å²) >= 11 is 0. The highest BCUT2D eigenvalue weighted by molar-refractivity contribution is 5.97. The molecular weight excluding hydrogens is 488 g/mol. The highest BCUT2D eigenvalue weighted by Gasteiger charge is 2.40. The summed E-state index contributed by atoms with van der Waals surface area (Å²) in [6, 6.07) is 14.6. The van der Waals surface area contributed by atoms with Gasteiger partial charge in [-0.15, -0.1) is 0 Å². The second kappa shape index (κ2) is 11.3. The van der Waals surface area contributed by atoms with Gasteiger partial charge < -0.3 is 19.1 Å². The molecule has 1 saturated carbocycles. The average Bonchev–Trinajstić information content (AvgIpc) is 3.69. The molecule has 196 valence electrons. The first-order valence-corrected chi connectivity index (χ1v) is 12.5. The molecule has 0 saturated heterocycles. The lowest BCUT2D eigenvalue weighted by Gasteiger charge is -2.34. The normalized spacial score (nSPS) is 16.1. The number of methoxy groups -OCH3 is 1. The Bertz CT molecular complexity index is 1360. The summed E-state index contributed by atoms with van der Waals surface area (Å²) in [5.41, 5.74) is 11.6. The van der Waals surface area contributed by atoms with E-state index in [-0.39, 0.29) is 31.3 Å². The molecule has 11 nitrogen and oxygen atoms in total. The van der Waals surface area contributed by atoms with Crippen LogP contribution in [0.4, 0.5) is 4.79 Å². The molecule has 1 unspecified atom stereocenters. The quantitative estimate of drug-likeness (QED) is 0.226. The molecule has 0 N–H and O–H groups in total. The van der Waals surface area contributed by atoms with Crippen LogP contribution < -0.4 is 9.47 Å². The van der Waals surface area contributed by atoms with Crippen molar-refractivity contribution in [2.75, 3.05) is 13.8 Å². The smallest absolute Gasteiger partial charge is 0.435 e. The van der Waals surface area contributed by atoms with Gasteiger partial charge >= 0.3 is 6.09 Å². The van der Waals surface area contributed by atoms with Crippen molar-refractivity contribution in [2.45, 2.75) is 50.8 Å². The number of carbonyl (C=O) groups excluding carboxylic acids is 2. The number of aromatic nitrogens is 2. The zero-order valence-corrected chi connectivity index (χ0v) is 21.0. The van der Waals surface area contributed by atoms with E-state index in [4.69, 9.17) is 19.7 Å². The zero-order valence-electron chi connectivity index (χ0n) is 21.0. The lowest BCUT2D eigenvalue weighted by molar-refractivity contribution is 0.0639. The van der Waals surface area contributed by atoms with Crippen molar-refractivity contribution in [3.8, 4) is 11.5 Å². The number of rotatable bonds is 9. The molecule has 1 atom stereocenters. The molecule has 0 radical (unpaired) electrons. The van der Waals surface area contributed by atoms with Crippen LogP contribution in [0, 0.1) is 0 Å². The number of fused-ring (bicyclic) bond motifs is 1. The molecule has 1 amide bonds. The Hall–Kier alpha value is -4.50. The molecule has 0 aliphatic heterocycles. The molecule has 2 aliphatic carbocycles. The van der Waals surface area contributed by atoms with Gasteiger partial charge in [-0.25, -0.2) is 4.79 Å². The summed E-state index contributed by atoms with van der Waals surface area (Å²) in [6.07, 6.45) is 5.13. The molecule has 1 heterocycles. The molecule has 2 aromatic carbocycles. The van der Waals surface area contributed by atoms with Crippen molar-refractivity contribution >= 4 is 12.0 Å². The topological polar surface area (TPSA) is 132 Å². The lowest BCUT2D eigenvalue weighted by atomic mass is 9.91. The Kier molecular flexibility index (Phi) is 7.46. The first kappa shape index (κ1) is 25.2. The fourth-order valence-corrected chi connectivity index (χ4v) is 4.79. The summed E-state index contributed by atoms with van der Waals surface area (Å²) < 4.78 is 17.6. The highest BCUT2D eigenvalue weighted by Crippen LogP contribution is 2.36. The lowest BCUT2D eigenvalue weighted by Crippen LogP contribution is -2.45. The molecule has 0 bridgehead atoms. The number of azide groups is 1. The van der Waals surface area contributed by atoms with Gasteiger partial charge in [0.2, 0.25) is 0 Å². The molecule has 5 rings (SSSR count). The van der Waals surface area contributed by atoms with Gasteiger partial charge in [0.15, 0.2) is 6.73 Å².